The number of rotatable bonds is 2. The van der Waals surface area contributed by atoms with Crippen molar-refractivity contribution in [1.29, 1.82) is 0 Å². The minimum Gasteiger partial charge on any atom is -0.340 e. The van der Waals surface area contributed by atoms with Crippen molar-refractivity contribution < 1.29 is 4.79 Å². The van der Waals surface area contributed by atoms with Crippen molar-refractivity contribution in [3.8, 4) is 0 Å². The lowest BCUT2D eigenvalue weighted by molar-refractivity contribution is 0.0724. The van der Waals surface area contributed by atoms with Crippen LogP contribution in [0.1, 0.15) is 40.9 Å². The third-order valence-electron chi connectivity index (χ3n) is 4.24. The van der Waals surface area contributed by atoms with Gasteiger partial charge < -0.3 is 9.88 Å². The number of para-hydroxylation sites is 2. The normalized spacial score (nSPS) is 17.8. The largest absolute Gasteiger partial charge is 0.340 e. The van der Waals surface area contributed by atoms with Crippen LogP contribution in [-0.2, 0) is 0 Å². The van der Waals surface area contributed by atoms with Crippen molar-refractivity contribution in [1.82, 2.24) is 24.8 Å². The zero-order chi connectivity index (χ0) is 15.8. The lowest BCUT2D eigenvalue weighted by Gasteiger charge is -2.22. The van der Waals surface area contributed by atoms with E-state index in [0.29, 0.717) is 5.69 Å². The Morgan fingerprint density at radius 2 is 2.13 bits per heavy atom. The summed E-state index contributed by atoms with van der Waals surface area (Å²) in [7, 11) is 0. The fraction of sp³-hybridized carbons (Fsp3) is 0.294. The highest BCUT2D eigenvalue weighted by Gasteiger charge is 2.33. The van der Waals surface area contributed by atoms with Gasteiger partial charge in [0.1, 0.15) is 11.5 Å². The Morgan fingerprint density at radius 1 is 1.26 bits per heavy atom. The maximum atomic E-state index is 12.7. The predicted molar refractivity (Wildman–Crippen MR) is 85.9 cm³/mol. The molecular formula is C17H17N5O. The molecule has 3 aromatic rings. The number of imidazole rings is 1. The summed E-state index contributed by atoms with van der Waals surface area (Å²) < 4.78 is 0. The number of carbonyl (C=O) groups excluding carboxylic acids is 1. The third kappa shape index (κ3) is 2.46. The summed E-state index contributed by atoms with van der Waals surface area (Å²) in [6, 6.07) is 7.88. The first-order valence-electron chi connectivity index (χ1n) is 7.76. The SMILES string of the molecule is Cc1cnc(C(=O)N2CCCC2c2nc3ccccc3[nH]2)cn1. The lowest BCUT2D eigenvalue weighted by Crippen LogP contribution is -2.31. The van der Waals surface area contributed by atoms with E-state index in [-0.39, 0.29) is 11.9 Å². The highest BCUT2D eigenvalue weighted by Crippen LogP contribution is 2.32. The molecule has 1 unspecified atom stereocenters. The molecule has 1 aromatic carbocycles. The van der Waals surface area contributed by atoms with Gasteiger partial charge in [0.05, 0.1) is 29.0 Å². The Labute approximate surface area is 133 Å². The van der Waals surface area contributed by atoms with Crippen LogP contribution in [0.25, 0.3) is 11.0 Å². The van der Waals surface area contributed by atoms with E-state index in [4.69, 9.17) is 0 Å². The molecule has 0 spiro atoms. The first kappa shape index (κ1) is 13.9. The number of carbonyl (C=O) groups is 1. The number of hydrogen-bond donors (Lipinski definition) is 1. The van der Waals surface area contributed by atoms with Crippen LogP contribution < -0.4 is 0 Å². The fourth-order valence-electron chi connectivity index (χ4n) is 3.07. The molecule has 116 valence electrons. The molecule has 2 aromatic heterocycles. The van der Waals surface area contributed by atoms with Crippen LogP contribution in [0.2, 0.25) is 0 Å². The average Bonchev–Trinajstić information content (AvgIpc) is 3.21. The maximum Gasteiger partial charge on any atom is 0.274 e. The van der Waals surface area contributed by atoms with Crippen molar-refractivity contribution in [2.24, 2.45) is 0 Å². The highest BCUT2D eigenvalue weighted by atomic mass is 16.2. The van der Waals surface area contributed by atoms with Crippen molar-refractivity contribution in [2.75, 3.05) is 6.54 Å². The summed E-state index contributed by atoms with van der Waals surface area (Å²) >= 11 is 0. The second-order valence-corrected chi connectivity index (χ2v) is 5.84. The molecule has 0 saturated carbocycles. The van der Waals surface area contributed by atoms with Gasteiger partial charge in [-0.3, -0.25) is 9.78 Å². The van der Waals surface area contributed by atoms with E-state index >= 15 is 0 Å². The smallest absolute Gasteiger partial charge is 0.274 e. The van der Waals surface area contributed by atoms with E-state index in [2.05, 4.69) is 19.9 Å². The standard InChI is InChI=1S/C17H17N5O/c1-11-9-19-14(10-18-11)17(23)22-8-4-7-15(22)16-20-12-5-2-3-6-13(12)21-16/h2-3,5-6,9-10,15H,4,7-8H2,1H3,(H,20,21). The van der Waals surface area contributed by atoms with Crippen LogP contribution in [-0.4, -0.2) is 37.3 Å². The number of H-pyrrole nitrogens is 1. The maximum absolute atomic E-state index is 12.7. The van der Waals surface area contributed by atoms with E-state index in [9.17, 15) is 4.79 Å². The molecule has 4 rings (SSSR count). The minimum atomic E-state index is -0.0829. The number of hydrogen-bond acceptors (Lipinski definition) is 4. The molecule has 1 fully saturated rings. The molecule has 23 heavy (non-hydrogen) atoms. The summed E-state index contributed by atoms with van der Waals surface area (Å²) in [6.45, 7) is 2.57. The summed E-state index contributed by atoms with van der Waals surface area (Å²) in [5.41, 5.74) is 3.12. The van der Waals surface area contributed by atoms with Gasteiger partial charge in [-0.15, -0.1) is 0 Å². The lowest BCUT2D eigenvalue weighted by atomic mass is 10.2. The van der Waals surface area contributed by atoms with E-state index in [1.165, 1.54) is 0 Å². The van der Waals surface area contributed by atoms with Gasteiger partial charge in [0.2, 0.25) is 0 Å². The third-order valence-corrected chi connectivity index (χ3v) is 4.24. The Hall–Kier alpha value is -2.76. The van der Waals surface area contributed by atoms with Crippen LogP contribution >= 0.6 is 0 Å². The van der Waals surface area contributed by atoms with Gasteiger partial charge in [-0.25, -0.2) is 9.97 Å². The zero-order valence-electron chi connectivity index (χ0n) is 12.9. The summed E-state index contributed by atoms with van der Waals surface area (Å²) in [5, 5.41) is 0. The number of nitrogens with one attached hydrogen (secondary N) is 1. The molecule has 6 heteroatoms. The predicted octanol–water partition coefficient (Wildman–Crippen LogP) is 2.64. The first-order valence-corrected chi connectivity index (χ1v) is 7.76. The van der Waals surface area contributed by atoms with Crippen molar-refractivity contribution in [2.45, 2.75) is 25.8 Å². The number of benzene rings is 1. The molecule has 1 saturated heterocycles. The summed E-state index contributed by atoms with van der Waals surface area (Å²) in [4.78, 5) is 31.0. The van der Waals surface area contributed by atoms with Gasteiger partial charge in [-0.1, -0.05) is 12.1 Å². The van der Waals surface area contributed by atoms with Crippen molar-refractivity contribution in [3.63, 3.8) is 0 Å². The number of likely N-dealkylation sites (tertiary alicyclic amines) is 1. The van der Waals surface area contributed by atoms with Gasteiger partial charge in [-0.05, 0) is 31.9 Å². The fourth-order valence-corrected chi connectivity index (χ4v) is 3.07. The number of fused-ring (bicyclic) bond motifs is 1. The van der Waals surface area contributed by atoms with Crippen LogP contribution in [0.5, 0.6) is 0 Å². The van der Waals surface area contributed by atoms with Crippen LogP contribution in [0.3, 0.4) is 0 Å². The first-order chi connectivity index (χ1) is 11.2. The van der Waals surface area contributed by atoms with Crippen molar-refractivity contribution >= 4 is 16.9 Å². The molecule has 0 bridgehead atoms. The molecule has 0 radical (unpaired) electrons. The average molecular weight is 307 g/mol. The Bertz CT molecular complexity index is 822. The summed E-state index contributed by atoms with van der Waals surface area (Å²) in [5.74, 6) is 0.762. The van der Waals surface area contributed by atoms with Crippen LogP contribution in [0, 0.1) is 6.92 Å². The highest BCUT2D eigenvalue weighted by molar-refractivity contribution is 5.92. The zero-order valence-corrected chi connectivity index (χ0v) is 12.9. The minimum absolute atomic E-state index is 0.0296. The monoisotopic (exact) mass is 307 g/mol. The molecule has 1 aliphatic rings. The topological polar surface area (TPSA) is 74.8 Å². The number of nitrogens with zero attached hydrogens (tertiary/aromatic N) is 4. The molecule has 0 aliphatic carbocycles. The van der Waals surface area contributed by atoms with Crippen molar-refractivity contribution in [3.05, 3.63) is 53.9 Å². The van der Waals surface area contributed by atoms with Gasteiger partial charge >= 0.3 is 0 Å². The van der Waals surface area contributed by atoms with Crippen LogP contribution in [0.15, 0.2) is 36.7 Å². The van der Waals surface area contributed by atoms with Gasteiger partial charge in [0, 0.05) is 12.7 Å². The Kier molecular flexibility index (Phi) is 3.29. The molecular weight excluding hydrogens is 290 g/mol. The number of aromatic nitrogens is 4. The Morgan fingerprint density at radius 3 is 2.91 bits per heavy atom. The number of amides is 1. The Balaban J connectivity index is 1.65. The van der Waals surface area contributed by atoms with E-state index in [1.54, 1.807) is 12.4 Å². The summed E-state index contributed by atoms with van der Waals surface area (Å²) in [6.07, 6.45) is 5.04. The van der Waals surface area contributed by atoms with E-state index < -0.39 is 0 Å². The van der Waals surface area contributed by atoms with Gasteiger partial charge in [-0.2, -0.15) is 0 Å². The van der Waals surface area contributed by atoms with E-state index in [1.807, 2.05) is 36.1 Å². The van der Waals surface area contributed by atoms with E-state index in [0.717, 1.165) is 41.9 Å². The number of aryl methyl sites for hydroxylation is 1. The number of aromatic amines is 1. The molecule has 6 nitrogen and oxygen atoms in total. The molecule has 1 N–H and O–H groups in total. The van der Waals surface area contributed by atoms with Crippen LogP contribution in [0.4, 0.5) is 0 Å². The molecule has 1 atom stereocenters. The molecule has 1 amide bonds. The second-order valence-electron chi connectivity index (χ2n) is 5.84. The van der Waals surface area contributed by atoms with Gasteiger partial charge in [0.25, 0.3) is 5.91 Å². The molecule has 3 heterocycles. The quantitative estimate of drug-likeness (QED) is 0.789. The van der Waals surface area contributed by atoms with Gasteiger partial charge in [0.15, 0.2) is 0 Å². The molecule has 1 aliphatic heterocycles. The second kappa shape index (κ2) is 5.46.